The molecule has 0 aliphatic heterocycles. The number of ether oxygens (including phenoxy) is 3. The van der Waals surface area contributed by atoms with Crippen LogP contribution in [0.1, 0.15) is 31.4 Å². The van der Waals surface area contributed by atoms with E-state index < -0.39 is 34.4 Å². The van der Waals surface area contributed by atoms with Crippen LogP contribution in [-0.2, 0) is 32.6 Å². The molecular formula is C37H41Cl2N3O7S. The van der Waals surface area contributed by atoms with Crippen molar-refractivity contribution < 1.29 is 32.2 Å². The van der Waals surface area contributed by atoms with Crippen LogP contribution in [0.2, 0.25) is 10.0 Å². The lowest BCUT2D eigenvalue weighted by molar-refractivity contribution is -0.140. The molecule has 0 saturated carbocycles. The number of halogens is 2. The average Bonchev–Trinajstić information content (AvgIpc) is 3.12. The van der Waals surface area contributed by atoms with Crippen molar-refractivity contribution in [2.24, 2.45) is 0 Å². The number of carbonyl (C=O) groups excluding carboxylic acids is 2. The minimum absolute atomic E-state index is 0.140. The first-order valence-electron chi connectivity index (χ1n) is 16.1. The maximum atomic E-state index is 14.7. The average molecular weight is 743 g/mol. The molecule has 4 aromatic carbocycles. The van der Waals surface area contributed by atoms with Crippen molar-refractivity contribution in [3.05, 3.63) is 112 Å². The van der Waals surface area contributed by atoms with E-state index >= 15 is 0 Å². The fourth-order valence-electron chi connectivity index (χ4n) is 5.28. The number of methoxy groups -OCH3 is 2. The molecule has 0 aliphatic rings. The van der Waals surface area contributed by atoms with Gasteiger partial charge in [0.15, 0.2) is 11.5 Å². The van der Waals surface area contributed by atoms with Gasteiger partial charge in [0.05, 0.1) is 31.4 Å². The van der Waals surface area contributed by atoms with Gasteiger partial charge in [-0.2, -0.15) is 0 Å². The third-order valence-corrected chi connectivity index (χ3v) is 10.3. The first kappa shape index (κ1) is 38.4. The third-order valence-electron chi connectivity index (χ3n) is 7.87. The van der Waals surface area contributed by atoms with E-state index in [1.165, 1.54) is 37.3 Å². The number of sulfonamides is 1. The van der Waals surface area contributed by atoms with Gasteiger partial charge in [0, 0.05) is 41.2 Å². The molecule has 0 saturated heterocycles. The van der Waals surface area contributed by atoms with Gasteiger partial charge in [0.2, 0.25) is 11.8 Å². The first-order chi connectivity index (χ1) is 24.0. The summed E-state index contributed by atoms with van der Waals surface area (Å²) in [5, 5.41) is 3.51. The van der Waals surface area contributed by atoms with Crippen molar-refractivity contribution >= 4 is 50.7 Å². The molecule has 4 aromatic rings. The Morgan fingerprint density at radius 1 is 0.840 bits per heavy atom. The lowest BCUT2D eigenvalue weighted by atomic mass is 10.0. The summed E-state index contributed by atoms with van der Waals surface area (Å²) in [6, 6.07) is 23.7. The van der Waals surface area contributed by atoms with Gasteiger partial charge in [0.1, 0.15) is 18.3 Å². The Balaban J connectivity index is 1.86. The summed E-state index contributed by atoms with van der Waals surface area (Å²) < 4.78 is 46.2. The monoisotopic (exact) mass is 741 g/mol. The van der Waals surface area contributed by atoms with Crippen LogP contribution >= 0.6 is 23.2 Å². The Labute approximate surface area is 303 Å². The van der Waals surface area contributed by atoms with Gasteiger partial charge in [-0.3, -0.25) is 13.9 Å². The molecule has 1 atom stereocenters. The topological polar surface area (TPSA) is 114 Å². The van der Waals surface area contributed by atoms with Gasteiger partial charge in [-0.15, -0.1) is 0 Å². The number of hydrogen-bond acceptors (Lipinski definition) is 7. The van der Waals surface area contributed by atoms with Gasteiger partial charge in [-0.1, -0.05) is 66.5 Å². The Kier molecular flexibility index (Phi) is 13.8. The van der Waals surface area contributed by atoms with E-state index in [0.717, 1.165) is 9.87 Å². The van der Waals surface area contributed by atoms with Crippen LogP contribution in [-0.4, -0.2) is 65.1 Å². The van der Waals surface area contributed by atoms with E-state index in [9.17, 15) is 18.0 Å². The molecule has 0 heterocycles. The zero-order valence-corrected chi connectivity index (χ0v) is 30.7. The van der Waals surface area contributed by atoms with Crippen molar-refractivity contribution in [2.75, 3.05) is 38.2 Å². The molecule has 266 valence electrons. The molecule has 0 aliphatic carbocycles. The second kappa shape index (κ2) is 18.0. The number of amides is 2. The normalized spacial score (nSPS) is 11.7. The number of nitrogens with one attached hydrogen (secondary N) is 1. The standard InChI is InChI=1S/C37H41Cl2N3O7S/c1-5-21-40-37(44)33(22-26-11-8-7-9-12-26)41(24-30-31(38)13-10-14-32(30)39)36(43)25-42(27-15-17-28(18-16-27)49-6-2)50(45,46)29-19-20-34(47-3)35(23-29)48-4/h7-20,23,33H,5-6,21-22,24-25H2,1-4H3,(H,40,44)/t33-/m0/s1. The van der Waals surface area contributed by atoms with Crippen molar-refractivity contribution in [1.82, 2.24) is 10.2 Å². The summed E-state index contributed by atoms with van der Waals surface area (Å²) in [5.74, 6) is -0.0116. The van der Waals surface area contributed by atoms with E-state index in [1.54, 1.807) is 42.5 Å². The Morgan fingerprint density at radius 3 is 2.10 bits per heavy atom. The highest BCUT2D eigenvalue weighted by molar-refractivity contribution is 7.92. The van der Waals surface area contributed by atoms with Crippen LogP contribution in [0.3, 0.4) is 0 Å². The van der Waals surface area contributed by atoms with Gasteiger partial charge in [-0.05, 0) is 67.4 Å². The SMILES string of the molecule is CCCNC(=O)[C@H](Cc1ccccc1)N(Cc1c(Cl)cccc1Cl)C(=O)CN(c1ccc(OCC)cc1)S(=O)(=O)c1ccc(OC)c(OC)c1. The molecule has 0 fully saturated rings. The zero-order chi connectivity index (χ0) is 36.3. The van der Waals surface area contributed by atoms with Crippen molar-refractivity contribution in [3.8, 4) is 17.2 Å². The molecule has 10 nitrogen and oxygen atoms in total. The predicted molar refractivity (Wildman–Crippen MR) is 196 cm³/mol. The summed E-state index contributed by atoms with van der Waals surface area (Å²) in [7, 11) is -1.57. The second-order valence-corrected chi connectivity index (χ2v) is 13.9. The second-order valence-electron chi connectivity index (χ2n) is 11.2. The van der Waals surface area contributed by atoms with Gasteiger partial charge >= 0.3 is 0 Å². The molecule has 2 amide bonds. The predicted octanol–water partition coefficient (Wildman–Crippen LogP) is 6.77. The largest absolute Gasteiger partial charge is 0.494 e. The van der Waals surface area contributed by atoms with E-state index in [0.29, 0.717) is 46.7 Å². The minimum atomic E-state index is -4.42. The van der Waals surface area contributed by atoms with Crippen LogP contribution in [0.15, 0.2) is 95.9 Å². The molecule has 0 aromatic heterocycles. The minimum Gasteiger partial charge on any atom is -0.494 e. The molecule has 50 heavy (non-hydrogen) atoms. The molecule has 0 unspecified atom stereocenters. The lowest BCUT2D eigenvalue weighted by Gasteiger charge is -2.34. The third kappa shape index (κ3) is 9.41. The van der Waals surface area contributed by atoms with Crippen LogP contribution in [0.4, 0.5) is 5.69 Å². The van der Waals surface area contributed by atoms with E-state index in [-0.39, 0.29) is 29.3 Å². The van der Waals surface area contributed by atoms with E-state index in [2.05, 4.69) is 5.32 Å². The number of benzene rings is 4. The first-order valence-corrected chi connectivity index (χ1v) is 18.2. The highest BCUT2D eigenvalue weighted by Gasteiger charge is 2.35. The molecular weight excluding hydrogens is 701 g/mol. The Morgan fingerprint density at radius 2 is 1.50 bits per heavy atom. The summed E-state index contributed by atoms with van der Waals surface area (Å²) in [6.07, 6.45) is 0.818. The van der Waals surface area contributed by atoms with Crippen molar-refractivity contribution in [2.45, 2.75) is 44.2 Å². The maximum absolute atomic E-state index is 14.7. The number of hydrogen-bond donors (Lipinski definition) is 1. The number of nitrogens with zero attached hydrogens (tertiary/aromatic N) is 2. The quantitative estimate of drug-likeness (QED) is 0.127. The number of rotatable bonds is 17. The lowest BCUT2D eigenvalue weighted by Crippen LogP contribution is -2.53. The van der Waals surface area contributed by atoms with Gasteiger partial charge in [-0.25, -0.2) is 8.42 Å². The van der Waals surface area contributed by atoms with Crippen LogP contribution in [0, 0.1) is 0 Å². The fraction of sp³-hybridized carbons (Fsp3) is 0.297. The summed E-state index contributed by atoms with van der Waals surface area (Å²) >= 11 is 13.2. The van der Waals surface area contributed by atoms with Crippen molar-refractivity contribution in [1.29, 1.82) is 0 Å². The Bertz CT molecular complexity index is 1840. The molecule has 0 radical (unpaired) electrons. The number of anilines is 1. The van der Waals surface area contributed by atoms with Crippen LogP contribution < -0.4 is 23.8 Å². The molecule has 4 rings (SSSR count). The maximum Gasteiger partial charge on any atom is 0.264 e. The van der Waals surface area contributed by atoms with Gasteiger partial charge in [0.25, 0.3) is 10.0 Å². The van der Waals surface area contributed by atoms with Gasteiger partial charge < -0.3 is 24.4 Å². The van der Waals surface area contributed by atoms with Crippen molar-refractivity contribution in [3.63, 3.8) is 0 Å². The van der Waals surface area contributed by atoms with E-state index in [1.807, 2.05) is 44.2 Å². The highest BCUT2D eigenvalue weighted by atomic mass is 35.5. The van der Waals surface area contributed by atoms with E-state index in [4.69, 9.17) is 37.4 Å². The summed E-state index contributed by atoms with van der Waals surface area (Å²) in [4.78, 5) is 29.8. The zero-order valence-electron chi connectivity index (χ0n) is 28.4. The molecule has 0 spiro atoms. The smallest absolute Gasteiger partial charge is 0.264 e. The molecule has 0 bridgehead atoms. The molecule has 13 heteroatoms. The molecule has 1 N–H and O–H groups in total. The van der Waals surface area contributed by atoms with Crippen LogP contribution in [0.25, 0.3) is 0 Å². The summed E-state index contributed by atoms with van der Waals surface area (Å²) in [5.41, 5.74) is 1.41. The highest BCUT2D eigenvalue weighted by Crippen LogP contribution is 2.33. The number of carbonyl (C=O) groups is 2. The summed E-state index contributed by atoms with van der Waals surface area (Å²) in [6.45, 7) is 3.72. The van der Waals surface area contributed by atoms with Crippen LogP contribution in [0.5, 0.6) is 17.2 Å². The Hall–Kier alpha value is -4.45. The fourth-order valence-corrected chi connectivity index (χ4v) is 7.23.